The van der Waals surface area contributed by atoms with Crippen LogP contribution in [0.25, 0.3) is 0 Å². The summed E-state index contributed by atoms with van der Waals surface area (Å²) in [7, 11) is 0. The van der Waals surface area contributed by atoms with Crippen molar-refractivity contribution in [3.05, 3.63) is 53.5 Å². The van der Waals surface area contributed by atoms with Crippen molar-refractivity contribution in [2.24, 2.45) is 0 Å². The largest absolute Gasteiger partial charge is 0.438 e. The van der Waals surface area contributed by atoms with Gasteiger partial charge in [0.25, 0.3) is 0 Å². The Balaban J connectivity index is 2.20. The normalized spacial score (nSPS) is 11.5. The molecule has 2 aromatic rings. The highest BCUT2D eigenvalue weighted by Crippen LogP contribution is 2.26. The van der Waals surface area contributed by atoms with Gasteiger partial charge in [-0.3, -0.25) is 0 Å². The van der Waals surface area contributed by atoms with Crippen molar-refractivity contribution in [2.45, 2.75) is 39.8 Å². The Morgan fingerprint density at radius 2 is 2.00 bits per heavy atom. The molecule has 0 unspecified atom stereocenters. The molecule has 112 valence electrons. The number of halogens is 1. The molecule has 1 aromatic carbocycles. The zero-order valence-electron chi connectivity index (χ0n) is 12.9. The van der Waals surface area contributed by atoms with E-state index in [0.29, 0.717) is 18.2 Å². The molecule has 2 rings (SSSR count). The minimum atomic E-state index is -0.268. The third-order valence-corrected chi connectivity index (χ3v) is 3.00. The molecule has 0 saturated heterocycles. The van der Waals surface area contributed by atoms with E-state index in [9.17, 15) is 4.39 Å². The molecule has 0 fully saturated rings. The number of aryl methyl sites for hydroxylation is 1. The first-order chi connectivity index (χ1) is 9.85. The Labute approximate surface area is 125 Å². The summed E-state index contributed by atoms with van der Waals surface area (Å²) < 4.78 is 19.0. The molecule has 0 amide bonds. The second-order valence-corrected chi connectivity index (χ2v) is 6.08. The van der Waals surface area contributed by atoms with Gasteiger partial charge in [0.1, 0.15) is 11.6 Å². The molecule has 0 atom stereocenters. The van der Waals surface area contributed by atoms with Crippen molar-refractivity contribution in [3.63, 3.8) is 0 Å². The molecule has 0 bridgehead atoms. The van der Waals surface area contributed by atoms with Gasteiger partial charge < -0.3 is 10.1 Å². The predicted molar refractivity (Wildman–Crippen MR) is 82.0 cm³/mol. The van der Waals surface area contributed by atoms with E-state index in [1.165, 1.54) is 12.1 Å². The molecule has 0 aliphatic carbocycles. The van der Waals surface area contributed by atoms with Gasteiger partial charge >= 0.3 is 0 Å². The fourth-order valence-corrected chi connectivity index (χ4v) is 1.84. The molecule has 0 aliphatic heterocycles. The summed E-state index contributed by atoms with van der Waals surface area (Å²) in [6, 6.07) is 8.31. The fourth-order valence-electron chi connectivity index (χ4n) is 1.84. The van der Waals surface area contributed by atoms with Gasteiger partial charge in [-0.05, 0) is 57.5 Å². The summed E-state index contributed by atoms with van der Waals surface area (Å²) in [6.45, 7) is 8.79. The number of benzene rings is 1. The third kappa shape index (κ3) is 4.53. The lowest BCUT2D eigenvalue weighted by molar-refractivity contribution is 0.408. The second kappa shape index (κ2) is 6.22. The maximum Gasteiger partial charge on any atom is 0.223 e. The number of pyridine rings is 1. The Morgan fingerprint density at radius 3 is 2.67 bits per heavy atom. The average molecular weight is 288 g/mol. The second-order valence-electron chi connectivity index (χ2n) is 6.08. The van der Waals surface area contributed by atoms with Crippen LogP contribution in [0.5, 0.6) is 11.6 Å². The molecule has 1 aromatic heterocycles. The maximum atomic E-state index is 13.1. The minimum absolute atomic E-state index is 0.0128. The van der Waals surface area contributed by atoms with Crippen LogP contribution in [0.2, 0.25) is 0 Å². The summed E-state index contributed by atoms with van der Waals surface area (Å²) in [6.07, 6.45) is 1.69. The number of rotatable bonds is 4. The highest BCUT2D eigenvalue weighted by molar-refractivity contribution is 5.37. The molecule has 4 heteroatoms. The molecule has 0 spiro atoms. The van der Waals surface area contributed by atoms with Gasteiger partial charge in [-0.15, -0.1) is 0 Å². The zero-order valence-corrected chi connectivity index (χ0v) is 12.9. The Kier molecular flexibility index (Phi) is 4.58. The van der Waals surface area contributed by atoms with E-state index < -0.39 is 0 Å². The van der Waals surface area contributed by atoms with Gasteiger partial charge in [0.05, 0.1) is 0 Å². The Bertz CT molecular complexity index is 620. The number of hydrogen-bond acceptors (Lipinski definition) is 3. The summed E-state index contributed by atoms with van der Waals surface area (Å²) in [5, 5.41) is 3.41. The van der Waals surface area contributed by atoms with Crippen molar-refractivity contribution in [2.75, 3.05) is 0 Å². The first kappa shape index (κ1) is 15.4. The summed E-state index contributed by atoms with van der Waals surface area (Å²) >= 11 is 0. The van der Waals surface area contributed by atoms with E-state index in [4.69, 9.17) is 4.74 Å². The van der Waals surface area contributed by atoms with Crippen molar-refractivity contribution in [1.82, 2.24) is 10.3 Å². The topological polar surface area (TPSA) is 34.1 Å². The first-order valence-corrected chi connectivity index (χ1v) is 6.98. The highest BCUT2D eigenvalue weighted by Gasteiger charge is 2.12. The zero-order chi connectivity index (χ0) is 15.5. The molecule has 1 N–H and O–H groups in total. The quantitative estimate of drug-likeness (QED) is 0.915. The molecule has 3 nitrogen and oxygen atoms in total. The lowest BCUT2D eigenvalue weighted by Gasteiger charge is -2.21. The molecular formula is C17H21FN2O. The molecular weight excluding hydrogens is 267 g/mol. The Hall–Kier alpha value is -1.94. The van der Waals surface area contributed by atoms with Gasteiger partial charge in [-0.1, -0.05) is 6.07 Å². The van der Waals surface area contributed by atoms with Gasteiger partial charge in [0.2, 0.25) is 5.88 Å². The van der Waals surface area contributed by atoms with Crippen LogP contribution in [0.1, 0.15) is 31.9 Å². The summed E-state index contributed by atoms with van der Waals surface area (Å²) in [5.74, 6) is 0.895. The Morgan fingerprint density at radius 1 is 1.24 bits per heavy atom. The molecule has 21 heavy (non-hydrogen) atoms. The van der Waals surface area contributed by atoms with Crippen molar-refractivity contribution in [3.8, 4) is 11.6 Å². The molecule has 0 saturated carbocycles. The lowest BCUT2D eigenvalue weighted by atomic mass is 10.1. The van der Waals surface area contributed by atoms with E-state index in [2.05, 4.69) is 31.1 Å². The van der Waals surface area contributed by atoms with Crippen molar-refractivity contribution < 1.29 is 9.13 Å². The lowest BCUT2D eigenvalue weighted by Crippen LogP contribution is -2.35. The summed E-state index contributed by atoms with van der Waals surface area (Å²) in [5.41, 5.74) is 1.73. The van der Waals surface area contributed by atoms with Crippen LogP contribution in [-0.2, 0) is 6.54 Å². The van der Waals surface area contributed by atoms with E-state index in [1.807, 2.05) is 19.1 Å². The predicted octanol–water partition coefficient (Wildman–Crippen LogP) is 4.21. The van der Waals surface area contributed by atoms with Gasteiger partial charge in [0.15, 0.2) is 0 Å². The number of ether oxygens (including phenoxy) is 1. The standard InChI is InChI=1S/C17H21FN2O/c1-12-10-14(18)7-8-15(12)21-16-13(6-5-9-19-16)11-20-17(2,3)4/h5-10,20H,11H2,1-4H3. The number of nitrogens with one attached hydrogen (secondary N) is 1. The SMILES string of the molecule is Cc1cc(F)ccc1Oc1ncccc1CNC(C)(C)C. The van der Waals surface area contributed by atoms with Crippen LogP contribution in [0, 0.1) is 12.7 Å². The van der Waals surface area contributed by atoms with Crippen LogP contribution >= 0.6 is 0 Å². The van der Waals surface area contributed by atoms with Crippen LogP contribution in [0.15, 0.2) is 36.5 Å². The van der Waals surface area contributed by atoms with Crippen LogP contribution in [0.3, 0.4) is 0 Å². The van der Waals surface area contributed by atoms with Gasteiger partial charge in [-0.2, -0.15) is 0 Å². The minimum Gasteiger partial charge on any atom is -0.438 e. The fraction of sp³-hybridized carbons (Fsp3) is 0.353. The van der Waals surface area contributed by atoms with Crippen molar-refractivity contribution in [1.29, 1.82) is 0 Å². The molecule has 0 aliphatic rings. The van der Waals surface area contributed by atoms with E-state index in [1.54, 1.807) is 12.3 Å². The van der Waals surface area contributed by atoms with E-state index in [-0.39, 0.29) is 11.4 Å². The van der Waals surface area contributed by atoms with E-state index >= 15 is 0 Å². The molecule has 1 heterocycles. The highest BCUT2D eigenvalue weighted by atomic mass is 19.1. The third-order valence-electron chi connectivity index (χ3n) is 3.00. The van der Waals surface area contributed by atoms with Crippen LogP contribution in [-0.4, -0.2) is 10.5 Å². The number of aromatic nitrogens is 1. The van der Waals surface area contributed by atoms with Gasteiger partial charge in [-0.25, -0.2) is 9.37 Å². The van der Waals surface area contributed by atoms with Crippen LogP contribution < -0.4 is 10.1 Å². The monoisotopic (exact) mass is 288 g/mol. The summed E-state index contributed by atoms with van der Waals surface area (Å²) in [4.78, 5) is 4.28. The average Bonchev–Trinajstić information content (AvgIpc) is 2.40. The maximum absolute atomic E-state index is 13.1. The smallest absolute Gasteiger partial charge is 0.223 e. The van der Waals surface area contributed by atoms with Crippen molar-refractivity contribution >= 4 is 0 Å². The van der Waals surface area contributed by atoms with Gasteiger partial charge in [0, 0.05) is 23.8 Å². The molecule has 0 radical (unpaired) electrons. The number of nitrogens with zero attached hydrogens (tertiary/aromatic N) is 1. The number of hydrogen-bond donors (Lipinski definition) is 1. The van der Waals surface area contributed by atoms with Crippen LogP contribution in [0.4, 0.5) is 4.39 Å². The first-order valence-electron chi connectivity index (χ1n) is 6.98. The van der Waals surface area contributed by atoms with E-state index in [0.717, 1.165) is 11.1 Å².